The fourth-order valence-electron chi connectivity index (χ4n) is 1.46. The van der Waals surface area contributed by atoms with Gasteiger partial charge in [0.15, 0.2) is 5.11 Å². The predicted molar refractivity (Wildman–Crippen MR) is 84.8 cm³/mol. The lowest BCUT2D eigenvalue weighted by Crippen LogP contribution is -2.32. The summed E-state index contributed by atoms with van der Waals surface area (Å²) in [6.07, 6.45) is -0.441. The van der Waals surface area contributed by atoms with E-state index in [9.17, 15) is 4.79 Å². The summed E-state index contributed by atoms with van der Waals surface area (Å²) in [6.45, 7) is 5.85. The molecule has 1 amide bonds. The number of para-hydroxylation sites is 1. The van der Waals surface area contributed by atoms with Crippen LogP contribution >= 0.6 is 12.2 Å². The molecule has 1 rings (SSSR count). The van der Waals surface area contributed by atoms with E-state index in [4.69, 9.17) is 17.0 Å². The van der Waals surface area contributed by atoms with Gasteiger partial charge in [0.2, 0.25) is 0 Å². The van der Waals surface area contributed by atoms with Gasteiger partial charge >= 0.3 is 6.09 Å². The van der Waals surface area contributed by atoms with Crippen molar-refractivity contribution in [2.45, 2.75) is 32.9 Å². The lowest BCUT2D eigenvalue weighted by atomic mass is 10.2. The Morgan fingerprint density at radius 3 is 2.55 bits per heavy atom. The van der Waals surface area contributed by atoms with Crippen molar-refractivity contribution in [2.24, 2.45) is 0 Å². The maximum absolute atomic E-state index is 11.6. The molecule has 1 aromatic carbocycles. The smallest absolute Gasteiger partial charge is 0.407 e. The second-order valence-electron chi connectivity index (χ2n) is 5.22. The van der Waals surface area contributed by atoms with Gasteiger partial charge < -0.3 is 20.7 Å². The van der Waals surface area contributed by atoms with Crippen LogP contribution in [0.2, 0.25) is 0 Å². The Morgan fingerprint density at radius 1 is 1.30 bits per heavy atom. The Balaban J connectivity index is 2.64. The molecule has 0 saturated carbocycles. The van der Waals surface area contributed by atoms with Crippen LogP contribution < -0.4 is 16.0 Å². The molecule has 0 aliphatic heterocycles. The summed E-state index contributed by atoms with van der Waals surface area (Å²) in [5.41, 5.74) is 1.27. The van der Waals surface area contributed by atoms with E-state index in [0.717, 1.165) is 11.3 Å². The highest BCUT2D eigenvalue weighted by atomic mass is 32.1. The maximum Gasteiger partial charge on any atom is 0.407 e. The van der Waals surface area contributed by atoms with Gasteiger partial charge in [0.05, 0.1) is 0 Å². The van der Waals surface area contributed by atoms with E-state index < -0.39 is 11.7 Å². The third-order valence-electron chi connectivity index (χ3n) is 2.31. The van der Waals surface area contributed by atoms with Crippen molar-refractivity contribution in [3.8, 4) is 0 Å². The Bertz CT molecular complexity index is 484. The highest BCUT2D eigenvalue weighted by molar-refractivity contribution is 7.80. The molecule has 0 fully saturated rings. The number of hydrogen-bond acceptors (Lipinski definition) is 3. The maximum atomic E-state index is 11.6. The number of benzene rings is 1. The highest BCUT2D eigenvalue weighted by Crippen LogP contribution is 2.15. The summed E-state index contributed by atoms with van der Waals surface area (Å²) in [4.78, 5) is 11.6. The Labute approximate surface area is 125 Å². The zero-order valence-corrected chi connectivity index (χ0v) is 13.1. The van der Waals surface area contributed by atoms with Crippen LogP contribution in [-0.2, 0) is 11.3 Å². The molecule has 0 heterocycles. The van der Waals surface area contributed by atoms with Gasteiger partial charge in [0.1, 0.15) is 5.60 Å². The molecule has 1 aromatic rings. The van der Waals surface area contributed by atoms with Crippen LogP contribution in [0, 0.1) is 0 Å². The number of carbonyl (C=O) groups excluding carboxylic acids is 1. The van der Waals surface area contributed by atoms with Crippen molar-refractivity contribution in [3.05, 3.63) is 29.8 Å². The number of hydrogen-bond donors (Lipinski definition) is 3. The lowest BCUT2D eigenvalue weighted by Gasteiger charge is -2.20. The molecule has 6 heteroatoms. The topological polar surface area (TPSA) is 62.4 Å². The van der Waals surface area contributed by atoms with E-state index in [2.05, 4.69) is 16.0 Å². The molecule has 0 spiro atoms. The van der Waals surface area contributed by atoms with Crippen molar-refractivity contribution in [1.82, 2.24) is 10.6 Å². The van der Waals surface area contributed by atoms with Gasteiger partial charge in [-0.15, -0.1) is 0 Å². The minimum Gasteiger partial charge on any atom is -0.444 e. The number of anilines is 1. The first-order valence-corrected chi connectivity index (χ1v) is 6.76. The molecule has 5 nitrogen and oxygen atoms in total. The number of thiocarbonyl (C=S) groups is 1. The zero-order valence-electron chi connectivity index (χ0n) is 12.2. The van der Waals surface area contributed by atoms with Crippen molar-refractivity contribution >= 4 is 29.1 Å². The largest absolute Gasteiger partial charge is 0.444 e. The van der Waals surface area contributed by atoms with Crippen LogP contribution in [0.4, 0.5) is 10.5 Å². The Hall–Kier alpha value is -1.82. The van der Waals surface area contributed by atoms with E-state index in [1.165, 1.54) is 0 Å². The van der Waals surface area contributed by atoms with Gasteiger partial charge in [-0.2, -0.15) is 0 Å². The first-order chi connectivity index (χ1) is 9.31. The fraction of sp³-hybridized carbons (Fsp3) is 0.429. The van der Waals surface area contributed by atoms with Gasteiger partial charge in [0.25, 0.3) is 0 Å². The normalized spacial score (nSPS) is 10.6. The molecule has 0 aliphatic carbocycles. The summed E-state index contributed by atoms with van der Waals surface area (Å²) in [5, 5.41) is 9.15. The van der Waals surface area contributed by atoms with Gasteiger partial charge in [-0.25, -0.2) is 4.79 Å². The summed E-state index contributed by atoms with van der Waals surface area (Å²) in [5.74, 6) is 0. The van der Waals surface area contributed by atoms with E-state index in [1.807, 2.05) is 45.0 Å². The SMILES string of the molecule is CNC(=S)Nc1ccccc1CNC(=O)OC(C)(C)C. The summed E-state index contributed by atoms with van der Waals surface area (Å²) >= 11 is 5.07. The molecule has 0 aromatic heterocycles. The average molecular weight is 295 g/mol. The summed E-state index contributed by atoms with van der Waals surface area (Å²) in [6, 6.07) is 7.62. The van der Waals surface area contributed by atoms with Crippen molar-refractivity contribution in [3.63, 3.8) is 0 Å². The second kappa shape index (κ2) is 7.09. The molecular formula is C14H21N3O2S. The summed E-state index contributed by atoms with van der Waals surface area (Å²) in [7, 11) is 1.75. The molecule has 0 unspecified atom stereocenters. The van der Waals surface area contributed by atoms with E-state index >= 15 is 0 Å². The van der Waals surface area contributed by atoms with Crippen molar-refractivity contribution < 1.29 is 9.53 Å². The first-order valence-electron chi connectivity index (χ1n) is 6.35. The van der Waals surface area contributed by atoms with Crippen LogP contribution in [0.3, 0.4) is 0 Å². The second-order valence-corrected chi connectivity index (χ2v) is 5.62. The predicted octanol–water partition coefficient (Wildman–Crippen LogP) is 2.63. The monoisotopic (exact) mass is 295 g/mol. The van der Waals surface area contributed by atoms with Gasteiger partial charge in [-0.3, -0.25) is 0 Å². The Morgan fingerprint density at radius 2 is 1.95 bits per heavy atom. The lowest BCUT2D eigenvalue weighted by molar-refractivity contribution is 0.0523. The quantitative estimate of drug-likeness (QED) is 0.748. The van der Waals surface area contributed by atoms with Gasteiger partial charge in [0, 0.05) is 19.3 Å². The molecule has 110 valence electrons. The van der Waals surface area contributed by atoms with E-state index in [0.29, 0.717) is 11.7 Å². The number of amides is 1. The molecule has 0 atom stereocenters. The van der Waals surface area contributed by atoms with Gasteiger partial charge in [-0.1, -0.05) is 18.2 Å². The van der Waals surface area contributed by atoms with Crippen molar-refractivity contribution in [1.29, 1.82) is 0 Å². The van der Waals surface area contributed by atoms with Crippen molar-refractivity contribution in [2.75, 3.05) is 12.4 Å². The van der Waals surface area contributed by atoms with Gasteiger partial charge in [-0.05, 0) is 44.6 Å². The zero-order chi connectivity index (χ0) is 15.2. The molecule has 0 aliphatic rings. The third-order valence-corrected chi connectivity index (χ3v) is 2.62. The summed E-state index contributed by atoms with van der Waals surface area (Å²) < 4.78 is 5.19. The highest BCUT2D eigenvalue weighted by Gasteiger charge is 2.16. The fourth-order valence-corrected chi connectivity index (χ4v) is 1.57. The number of rotatable bonds is 3. The van der Waals surface area contributed by atoms with Crippen LogP contribution in [-0.4, -0.2) is 23.9 Å². The Kier molecular flexibility index (Phi) is 5.76. The van der Waals surface area contributed by atoms with Crippen LogP contribution in [0.5, 0.6) is 0 Å². The minimum absolute atomic E-state index is 0.365. The minimum atomic E-state index is -0.504. The van der Waals surface area contributed by atoms with Crippen LogP contribution in [0.25, 0.3) is 0 Å². The first kappa shape index (κ1) is 16.2. The van der Waals surface area contributed by atoms with Crippen LogP contribution in [0.1, 0.15) is 26.3 Å². The number of alkyl carbamates (subject to hydrolysis) is 1. The molecule has 3 N–H and O–H groups in total. The standard InChI is InChI=1S/C14H21N3O2S/c1-14(2,3)19-13(18)16-9-10-7-5-6-8-11(10)17-12(20)15-4/h5-8H,9H2,1-4H3,(H,16,18)(H2,15,17,20). The average Bonchev–Trinajstić information content (AvgIpc) is 2.35. The van der Waals surface area contributed by atoms with Crippen LogP contribution in [0.15, 0.2) is 24.3 Å². The van der Waals surface area contributed by atoms with E-state index in [1.54, 1.807) is 7.05 Å². The number of ether oxygens (including phenoxy) is 1. The third kappa shape index (κ3) is 5.88. The molecular weight excluding hydrogens is 274 g/mol. The number of carbonyl (C=O) groups is 1. The van der Waals surface area contributed by atoms with E-state index in [-0.39, 0.29) is 0 Å². The molecule has 20 heavy (non-hydrogen) atoms. The molecule has 0 bridgehead atoms. The number of nitrogens with one attached hydrogen (secondary N) is 3. The molecule has 0 radical (unpaired) electrons. The molecule has 0 saturated heterocycles.